The number of carbonyl (C=O) groups is 1. The van der Waals surface area contributed by atoms with Crippen LogP contribution in [0.25, 0.3) is 16.6 Å². The van der Waals surface area contributed by atoms with Gasteiger partial charge in [-0.15, -0.1) is 0 Å². The van der Waals surface area contributed by atoms with Crippen molar-refractivity contribution in [3.63, 3.8) is 0 Å². The van der Waals surface area contributed by atoms with E-state index in [0.717, 1.165) is 17.5 Å². The van der Waals surface area contributed by atoms with Crippen LogP contribution in [-0.4, -0.2) is 32.1 Å². The van der Waals surface area contributed by atoms with Crippen LogP contribution >= 0.6 is 0 Å². The summed E-state index contributed by atoms with van der Waals surface area (Å²) in [6.45, 7) is 5.72. The number of aromatic nitrogens is 4. The number of ether oxygens (including phenoxy) is 1. The van der Waals surface area contributed by atoms with E-state index in [4.69, 9.17) is 4.74 Å². The number of fused-ring (bicyclic) bond motifs is 1. The molecule has 0 atom stereocenters. The summed E-state index contributed by atoms with van der Waals surface area (Å²) in [7, 11) is 0. The lowest BCUT2D eigenvalue weighted by molar-refractivity contribution is -0.137. The maximum Gasteiger partial charge on any atom is 0.416 e. The smallest absolute Gasteiger partial charge is 0.416 e. The first-order valence-electron chi connectivity index (χ1n) is 10.0. The molecule has 0 spiro atoms. The molecule has 2 heterocycles. The molecule has 0 aliphatic carbocycles. The third kappa shape index (κ3) is 3.98. The minimum atomic E-state index is -4.40. The van der Waals surface area contributed by atoms with Crippen LogP contribution in [0, 0.1) is 13.8 Å². The first-order valence-corrected chi connectivity index (χ1v) is 10.0. The lowest BCUT2D eigenvalue weighted by Crippen LogP contribution is -2.08. The highest BCUT2D eigenvalue weighted by molar-refractivity contribution is 5.93. The second kappa shape index (κ2) is 8.14. The molecule has 0 amide bonds. The average molecular weight is 442 g/mol. The Morgan fingerprint density at radius 2 is 1.84 bits per heavy atom. The monoisotopic (exact) mass is 442 g/mol. The van der Waals surface area contributed by atoms with Crippen LogP contribution in [0.1, 0.15) is 39.8 Å². The van der Waals surface area contributed by atoms with Crippen molar-refractivity contribution >= 4 is 16.9 Å². The first kappa shape index (κ1) is 21.6. The Balaban J connectivity index is 1.73. The molecular formula is C23H21F3N4O2. The molecule has 4 rings (SSSR count). The molecule has 0 radical (unpaired) electrons. The van der Waals surface area contributed by atoms with Gasteiger partial charge in [-0.3, -0.25) is 4.68 Å². The van der Waals surface area contributed by atoms with Gasteiger partial charge in [0.05, 0.1) is 41.3 Å². The summed E-state index contributed by atoms with van der Waals surface area (Å²) in [5.74, 6) is -0.429. The third-order valence-corrected chi connectivity index (χ3v) is 5.17. The zero-order valence-corrected chi connectivity index (χ0v) is 17.8. The van der Waals surface area contributed by atoms with E-state index in [1.807, 2.05) is 18.2 Å². The summed E-state index contributed by atoms with van der Waals surface area (Å²) in [5, 5.41) is 9.80. The number of esters is 1. The Morgan fingerprint density at radius 3 is 2.56 bits per heavy atom. The van der Waals surface area contributed by atoms with Gasteiger partial charge in [0, 0.05) is 11.6 Å². The van der Waals surface area contributed by atoms with Gasteiger partial charge in [0.15, 0.2) is 0 Å². The van der Waals surface area contributed by atoms with Gasteiger partial charge in [0.2, 0.25) is 0 Å². The highest BCUT2D eigenvalue weighted by Gasteiger charge is 2.30. The number of halogens is 3. The Labute approximate surface area is 182 Å². The number of rotatable bonds is 5. The highest BCUT2D eigenvalue weighted by Crippen LogP contribution is 2.30. The van der Waals surface area contributed by atoms with Crippen molar-refractivity contribution in [2.45, 2.75) is 33.5 Å². The number of carbonyl (C=O) groups excluding carboxylic acids is 1. The number of aryl methyl sites for hydroxylation is 1. The predicted octanol–water partition coefficient (Wildman–Crippen LogP) is 5.08. The molecule has 0 saturated heterocycles. The molecule has 0 aliphatic heterocycles. The van der Waals surface area contributed by atoms with Gasteiger partial charge < -0.3 is 4.74 Å². The predicted molar refractivity (Wildman–Crippen MR) is 113 cm³/mol. The second-order valence-electron chi connectivity index (χ2n) is 7.41. The van der Waals surface area contributed by atoms with Crippen molar-refractivity contribution in [2.75, 3.05) is 6.61 Å². The van der Waals surface area contributed by atoms with Gasteiger partial charge in [-0.1, -0.05) is 18.2 Å². The largest absolute Gasteiger partial charge is 0.462 e. The Kier molecular flexibility index (Phi) is 5.50. The zero-order chi connectivity index (χ0) is 23.0. The number of hydrogen-bond donors (Lipinski definition) is 0. The van der Waals surface area contributed by atoms with Crippen LogP contribution in [-0.2, 0) is 17.5 Å². The fourth-order valence-corrected chi connectivity index (χ4v) is 3.75. The maximum absolute atomic E-state index is 13.0. The summed E-state index contributed by atoms with van der Waals surface area (Å²) in [6, 6.07) is 10.7. The van der Waals surface area contributed by atoms with E-state index in [1.54, 1.807) is 42.4 Å². The van der Waals surface area contributed by atoms with Gasteiger partial charge in [0.1, 0.15) is 5.56 Å². The fraction of sp³-hybridized carbons (Fsp3) is 0.261. The van der Waals surface area contributed by atoms with Crippen LogP contribution < -0.4 is 0 Å². The number of benzene rings is 2. The number of hydrogen-bond acceptors (Lipinski definition) is 4. The fourth-order valence-electron chi connectivity index (χ4n) is 3.75. The van der Waals surface area contributed by atoms with E-state index in [-0.39, 0.29) is 13.2 Å². The van der Waals surface area contributed by atoms with Gasteiger partial charge in [0.25, 0.3) is 0 Å². The van der Waals surface area contributed by atoms with Crippen molar-refractivity contribution in [1.82, 2.24) is 19.6 Å². The van der Waals surface area contributed by atoms with E-state index in [9.17, 15) is 18.0 Å². The first-order chi connectivity index (χ1) is 15.2. The minimum Gasteiger partial charge on any atom is -0.462 e. The quantitative estimate of drug-likeness (QED) is 0.404. The van der Waals surface area contributed by atoms with Crippen molar-refractivity contribution in [2.24, 2.45) is 0 Å². The van der Waals surface area contributed by atoms with Crippen molar-refractivity contribution < 1.29 is 22.7 Å². The summed E-state index contributed by atoms with van der Waals surface area (Å²) >= 11 is 0. The summed E-state index contributed by atoms with van der Waals surface area (Å²) in [6.07, 6.45) is -2.63. The molecule has 0 N–H and O–H groups in total. The number of nitrogens with zero attached hydrogens (tertiary/aromatic N) is 4. The van der Waals surface area contributed by atoms with Crippen LogP contribution in [0.4, 0.5) is 13.2 Å². The SMILES string of the molecule is CCOC(=O)c1c(C)nn(-c2cccc3nn(Cc4cccc(C(F)(F)F)c4)cc23)c1C. The molecule has 2 aromatic heterocycles. The molecule has 2 aromatic carbocycles. The van der Waals surface area contributed by atoms with Gasteiger partial charge in [-0.25, -0.2) is 9.48 Å². The molecule has 32 heavy (non-hydrogen) atoms. The lowest BCUT2D eigenvalue weighted by atomic mass is 10.1. The molecule has 0 bridgehead atoms. The highest BCUT2D eigenvalue weighted by atomic mass is 19.4. The van der Waals surface area contributed by atoms with Crippen LogP contribution in [0.5, 0.6) is 0 Å². The Hall–Kier alpha value is -3.62. The van der Waals surface area contributed by atoms with E-state index < -0.39 is 17.7 Å². The zero-order valence-electron chi connectivity index (χ0n) is 17.8. The Morgan fingerprint density at radius 1 is 1.09 bits per heavy atom. The molecule has 0 unspecified atom stereocenters. The van der Waals surface area contributed by atoms with Gasteiger partial charge in [-0.05, 0) is 50.6 Å². The molecule has 0 saturated carbocycles. The minimum absolute atomic E-state index is 0.184. The molecule has 6 nitrogen and oxygen atoms in total. The normalized spacial score (nSPS) is 11.8. The van der Waals surface area contributed by atoms with E-state index in [1.165, 1.54) is 6.07 Å². The average Bonchev–Trinajstić information content (AvgIpc) is 3.27. The van der Waals surface area contributed by atoms with Crippen molar-refractivity contribution in [3.8, 4) is 5.69 Å². The summed E-state index contributed by atoms with van der Waals surface area (Å²) in [4.78, 5) is 12.3. The molecule has 9 heteroatoms. The number of alkyl halides is 3. The standard InChI is InChI=1S/C23H21F3N4O2/c1-4-32-22(31)21-14(2)27-30(15(21)3)20-10-6-9-19-18(20)13-29(28-19)12-16-7-5-8-17(11-16)23(24,25)26/h5-11,13H,4,12H2,1-3H3. The maximum atomic E-state index is 13.0. The third-order valence-electron chi connectivity index (χ3n) is 5.17. The molecule has 4 aromatic rings. The summed E-state index contributed by atoms with van der Waals surface area (Å²) in [5.41, 5.74) is 2.79. The summed E-state index contributed by atoms with van der Waals surface area (Å²) < 4.78 is 47.5. The topological polar surface area (TPSA) is 61.9 Å². The van der Waals surface area contributed by atoms with E-state index in [0.29, 0.717) is 33.7 Å². The van der Waals surface area contributed by atoms with Crippen LogP contribution in [0.3, 0.4) is 0 Å². The lowest BCUT2D eigenvalue weighted by Gasteiger charge is -2.08. The van der Waals surface area contributed by atoms with Gasteiger partial charge >= 0.3 is 12.1 Å². The van der Waals surface area contributed by atoms with Crippen molar-refractivity contribution in [1.29, 1.82) is 0 Å². The molecule has 0 aliphatic rings. The van der Waals surface area contributed by atoms with E-state index >= 15 is 0 Å². The van der Waals surface area contributed by atoms with Crippen LogP contribution in [0.15, 0.2) is 48.7 Å². The Bertz CT molecular complexity index is 1300. The van der Waals surface area contributed by atoms with Crippen molar-refractivity contribution in [3.05, 3.63) is 76.7 Å². The van der Waals surface area contributed by atoms with Crippen LogP contribution in [0.2, 0.25) is 0 Å². The molecule has 0 fully saturated rings. The molecular weight excluding hydrogens is 421 g/mol. The second-order valence-corrected chi connectivity index (χ2v) is 7.41. The molecule has 166 valence electrons. The van der Waals surface area contributed by atoms with Gasteiger partial charge in [-0.2, -0.15) is 23.4 Å². The van der Waals surface area contributed by atoms with E-state index in [2.05, 4.69) is 10.2 Å².